The summed E-state index contributed by atoms with van der Waals surface area (Å²) in [6.07, 6.45) is 3.18. The van der Waals surface area contributed by atoms with Crippen molar-refractivity contribution >= 4 is 0 Å². The molecule has 0 saturated carbocycles. The van der Waals surface area contributed by atoms with Gasteiger partial charge in [0, 0.05) is 6.20 Å². The second kappa shape index (κ2) is 16.4. The minimum atomic E-state index is 0.907. The Bertz CT molecular complexity index is 143. The molecule has 0 atom stereocenters. The molecule has 0 bridgehead atoms. The number of hydrogen-bond donors (Lipinski definition) is 1. The molecule has 0 aliphatic rings. The zero-order valence-electron chi connectivity index (χ0n) is 8.56. The van der Waals surface area contributed by atoms with Crippen molar-refractivity contribution in [2.24, 2.45) is 5.73 Å². The van der Waals surface area contributed by atoms with Crippen LogP contribution in [0.15, 0.2) is 49.7 Å². The van der Waals surface area contributed by atoms with Gasteiger partial charge in [0.1, 0.15) is 0 Å². The molecule has 1 nitrogen and oxygen atoms in total. The van der Waals surface area contributed by atoms with Gasteiger partial charge in [-0.05, 0) is 18.1 Å². The zero-order chi connectivity index (χ0) is 10.6. The van der Waals surface area contributed by atoms with Crippen LogP contribution >= 0.6 is 0 Å². The summed E-state index contributed by atoms with van der Waals surface area (Å²) in [4.78, 5) is 0. The van der Waals surface area contributed by atoms with Crippen LogP contribution in [-0.2, 0) is 0 Å². The van der Waals surface area contributed by atoms with Crippen molar-refractivity contribution in [3.8, 4) is 0 Å². The van der Waals surface area contributed by atoms with E-state index in [1.54, 1.807) is 6.08 Å². The molecule has 12 heavy (non-hydrogen) atoms. The van der Waals surface area contributed by atoms with Crippen LogP contribution in [0.1, 0.15) is 20.8 Å². The van der Waals surface area contributed by atoms with Crippen molar-refractivity contribution in [2.75, 3.05) is 0 Å². The molecule has 0 amide bonds. The van der Waals surface area contributed by atoms with Gasteiger partial charge in [-0.2, -0.15) is 0 Å². The van der Waals surface area contributed by atoms with Crippen molar-refractivity contribution in [2.45, 2.75) is 20.8 Å². The summed E-state index contributed by atoms with van der Waals surface area (Å²) in [6.45, 7) is 19.1. The van der Waals surface area contributed by atoms with Gasteiger partial charge in [0.25, 0.3) is 0 Å². The van der Waals surface area contributed by atoms with Crippen LogP contribution in [0.5, 0.6) is 0 Å². The molecular formula is C11H21N. The van der Waals surface area contributed by atoms with Crippen LogP contribution in [-0.4, -0.2) is 0 Å². The minimum Gasteiger partial charge on any atom is -0.404 e. The molecule has 0 radical (unpaired) electrons. The Morgan fingerprint density at radius 2 is 1.58 bits per heavy atom. The van der Waals surface area contributed by atoms with Crippen LogP contribution < -0.4 is 5.73 Å². The van der Waals surface area contributed by atoms with E-state index in [0.717, 1.165) is 11.1 Å². The Balaban J connectivity index is -0.000000175. The first-order chi connectivity index (χ1) is 5.72. The lowest BCUT2D eigenvalue weighted by atomic mass is 10.1. The normalized spacial score (nSPS) is 8.08. The van der Waals surface area contributed by atoms with E-state index in [2.05, 4.69) is 26.3 Å². The Morgan fingerprint density at radius 1 is 1.25 bits per heavy atom. The Labute approximate surface area is 77.0 Å². The van der Waals surface area contributed by atoms with E-state index in [9.17, 15) is 0 Å². The summed E-state index contributed by atoms with van der Waals surface area (Å²) in [7, 11) is 0. The highest BCUT2D eigenvalue weighted by Crippen LogP contribution is 2.03. The molecule has 0 aromatic carbocycles. The average Bonchev–Trinajstić information content (AvgIpc) is 2.13. The quantitative estimate of drug-likeness (QED) is 0.495. The molecule has 0 unspecified atom stereocenters. The fourth-order valence-corrected chi connectivity index (χ4v) is 0.385. The molecule has 0 aromatic heterocycles. The molecular weight excluding hydrogens is 146 g/mol. The van der Waals surface area contributed by atoms with Crippen LogP contribution in [0.25, 0.3) is 0 Å². The molecule has 0 aliphatic heterocycles. The molecule has 70 valence electrons. The van der Waals surface area contributed by atoms with Gasteiger partial charge in [0.05, 0.1) is 0 Å². The van der Waals surface area contributed by atoms with E-state index >= 15 is 0 Å². The Morgan fingerprint density at radius 3 is 1.58 bits per heavy atom. The monoisotopic (exact) mass is 167 g/mol. The van der Waals surface area contributed by atoms with Crippen LogP contribution in [0.3, 0.4) is 0 Å². The first kappa shape index (κ1) is 17.0. The molecule has 0 aliphatic carbocycles. The highest BCUT2D eigenvalue weighted by Gasteiger charge is 1.85. The third-order valence-electron chi connectivity index (χ3n) is 0.892. The molecule has 0 saturated heterocycles. The van der Waals surface area contributed by atoms with Crippen LogP contribution in [0, 0.1) is 0 Å². The summed E-state index contributed by atoms with van der Waals surface area (Å²) in [5, 5.41) is 0. The number of hydrogen-bond acceptors (Lipinski definition) is 1. The van der Waals surface area contributed by atoms with E-state index in [0.29, 0.717) is 0 Å². The predicted octanol–water partition coefficient (Wildman–Crippen LogP) is 3.42. The Hall–Kier alpha value is -1.24. The molecule has 0 aromatic rings. The van der Waals surface area contributed by atoms with Gasteiger partial charge in [-0.1, -0.05) is 33.1 Å². The van der Waals surface area contributed by atoms with Gasteiger partial charge in [0.15, 0.2) is 0 Å². The summed E-state index contributed by atoms with van der Waals surface area (Å²) < 4.78 is 0. The first-order valence-corrected chi connectivity index (χ1v) is 3.92. The van der Waals surface area contributed by atoms with Gasteiger partial charge >= 0.3 is 0 Å². The average molecular weight is 167 g/mol. The fraction of sp³-hybridized carbons (Fsp3) is 0.273. The highest BCUT2D eigenvalue weighted by atomic mass is 14.5. The van der Waals surface area contributed by atoms with E-state index in [-0.39, 0.29) is 0 Å². The highest BCUT2D eigenvalue weighted by molar-refractivity contribution is 5.34. The standard InChI is InChI=1S/C7H11N.C2H6.C2H4/c1-4-7(5-8)6(2)3;2*1-2/h4-5H,1-2,8H2,3H3;1-2H3;1-2H2/b7-5-;;. The molecule has 0 heterocycles. The number of rotatable bonds is 2. The van der Waals surface area contributed by atoms with Crippen molar-refractivity contribution in [1.82, 2.24) is 0 Å². The van der Waals surface area contributed by atoms with Gasteiger partial charge in [-0.25, -0.2) is 0 Å². The van der Waals surface area contributed by atoms with E-state index in [1.165, 1.54) is 6.20 Å². The van der Waals surface area contributed by atoms with Crippen molar-refractivity contribution in [3.05, 3.63) is 49.7 Å². The largest absolute Gasteiger partial charge is 0.404 e. The maximum atomic E-state index is 5.19. The fourth-order valence-electron chi connectivity index (χ4n) is 0.385. The maximum Gasteiger partial charge on any atom is 0.00137 e. The number of allylic oxidation sites excluding steroid dienone is 3. The van der Waals surface area contributed by atoms with Crippen molar-refractivity contribution in [1.29, 1.82) is 0 Å². The van der Waals surface area contributed by atoms with Crippen LogP contribution in [0.2, 0.25) is 0 Å². The van der Waals surface area contributed by atoms with Gasteiger partial charge < -0.3 is 5.73 Å². The van der Waals surface area contributed by atoms with Crippen LogP contribution in [0.4, 0.5) is 0 Å². The van der Waals surface area contributed by atoms with Crippen molar-refractivity contribution < 1.29 is 0 Å². The van der Waals surface area contributed by atoms with E-state index < -0.39 is 0 Å². The van der Waals surface area contributed by atoms with Gasteiger partial charge in [-0.15, -0.1) is 13.2 Å². The topological polar surface area (TPSA) is 26.0 Å². The lowest BCUT2D eigenvalue weighted by molar-refractivity contribution is 1.41. The summed E-state index contributed by atoms with van der Waals surface area (Å²) in [5.41, 5.74) is 7.04. The second-order valence-corrected chi connectivity index (χ2v) is 1.61. The zero-order valence-corrected chi connectivity index (χ0v) is 8.56. The van der Waals surface area contributed by atoms with E-state index in [4.69, 9.17) is 5.73 Å². The van der Waals surface area contributed by atoms with E-state index in [1.807, 2.05) is 20.8 Å². The lowest BCUT2D eigenvalue weighted by Crippen LogP contribution is -1.85. The predicted molar refractivity (Wildman–Crippen MR) is 59.9 cm³/mol. The third kappa shape index (κ3) is 11.5. The Kier molecular flexibility index (Phi) is 23.2. The SMILES string of the molecule is C=C.C=C/C(=C/N)C(=C)C.CC. The van der Waals surface area contributed by atoms with Gasteiger partial charge in [-0.3, -0.25) is 0 Å². The molecule has 0 rings (SSSR count). The summed E-state index contributed by atoms with van der Waals surface area (Å²) in [6, 6.07) is 0. The molecule has 1 heteroatoms. The third-order valence-corrected chi connectivity index (χ3v) is 0.892. The minimum absolute atomic E-state index is 0.907. The van der Waals surface area contributed by atoms with Crippen molar-refractivity contribution in [3.63, 3.8) is 0 Å². The first-order valence-electron chi connectivity index (χ1n) is 3.92. The lowest BCUT2D eigenvalue weighted by Gasteiger charge is -1.94. The molecule has 0 fully saturated rings. The molecule has 0 spiro atoms. The summed E-state index contributed by atoms with van der Waals surface area (Å²) in [5.74, 6) is 0. The van der Waals surface area contributed by atoms with Gasteiger partial charge in [0.2, 0.25) is 0 Å². The smallest absolute Gasteiger partial charge is 0.00137 e. The molecule has 2 N–H and O–H groups in total. The number of nitrogens with two attached hydrogens (primary N) is 1. The summed E-state index contributed by atoms with van der Waals surface area (Å²) >= 11 is 0. The second-order valence-electron chi connectivity index (χ2n) is 1.61. The maximum absolute atomic E-state index is 5.19.